The van der Waals surface area contributed by atoms with Crippen molar-refractivity contribution in [2.45, 2.75) is 36.8 Å². The molecule has 1 aliphatic heterocycles. The third kappa shape index (κ3) is 2.02. The minimum absolute atomic E-state index is 0.189. The first-order valence-electron chi connectivity index (χ1n) is 6.36. The second-order valence-corrected chi connectivity index (χ2v) is 7.80. The van der Waals surface area contributed by atoms with E-state index in [0.717, 1.165) is 5.56 Å². The van der Waals surface area contributed by atoms with E-state index in [2.05, 4.69) is 11.7 Å². The Bertz CT molecular complexity index is 728. The first kappa shape index (κ1) is 14.7. The number of hydrogen-bond acceptors (Lipinski definition) is 3. The summed E-state index contributed by atoms with van der Waals surface area (Å²) in [6, 6.07) is 3.18. The van der Waals surface area contributed by atoms with Gasteiger partial charge in [-0.2, -0.15) is 0 Å². The van der Waals surface area contributed by atoms with Gasteiger partial charge in [0.15, 0.2) is 9.84 Å². The summed E-state index contributed by atoms with van der Waals surface area (Å²) in [7, 11) is -3.51. The molecular formula is C15H17NO3S. The van der Waals surface area contributed by atoms with Crippen molar-refractivity contribution in [1.29, 1.82) is 0 Å². The lowest BCUT2D eigenvalue weighted by molar-refractivity contribution is 0.100. The molecule has 0 saturated carbocycles. The molecule has 0 atom stereocenters. The number of sulfone groups is 1. The topological polar surface area (TPSA) is 63.6 Å². The van der Waals surface area contributed by atoms with E-state index in [-0.39, 0.29) is 4.90 Å². The summed E-state index contributed by atoms with van der Waals surface area (Å²) >= 11 is 0. The number of carbonyl (C=O) groups excluding carboxylic acids is 1. The average molecular weight is 291 g/mol. The van der Waals surface area contributed by atoms with Crippen molar-refractivity contribution >= 4 is 28.5 Å². The summed E-state index contributed by atoms with van der Waals surface area (Å²) in [6.07, 6.45) is 4.10. The van der Waals surface area contributed by atoms with Gasteiger partial charge >= 0.3 is 0 Å². The Morgan fingerprint density at radius 3 is 2.55 bits per heavy atom. The highest BCUT2D eigenvalue weighted by atomic mass is 32.2. The van der Waals surface area contributed by atoms with Gasteiger partial charge in [0.25, 0.3) is 5.91 Å². The number of amides is 1. The normalized spacial score (nSPS) is 18.4. The molecule has 0 bridgehead atoms. The lowest BCUT2D eigenvalue weighted by Gasteiger charge is -2.27. The van der Waals surface area contributed by atoms with Crippen LogP contribution in [0.1, 0.15) is 42.3 Å². The van der Waals surface area contributed by atoms with Gasteiger partial charge in [-0.3, -0.25) is 4.79 Å². The molecule has 0 saturated heterocycles. The van der Waals surface area contributed by atoms with Gasteiger partial charge in [-0.25, -0.2) is 13.4 Å². The van der Waals surface area contributed by atoms with E-state index in [1.54, 1.807) is 32.1 Å². The van der Waals surface area contributed by atoms with E-state index < -0.39 is 20.5 Å². The minimum atomic E-state index is -3.51. The summed E-state index contributed by atoms with van der Waals surface area (Å²) < 4.78 is 24.2. The molecule has 0 aliphatic carbocycles. The quantitative estimate of drug-likeness (QED) is 0.787. The van der Waals surface area contributed by atoms with Gasteiger partial charge in [0.05, 0.1) is 9.64 Å². The monoisotopic (exact) mass is 291 g/mol. The van der Waals surface area contributed by atoms with Crippen molar-refractivity contribution in [3.05, 3.63) is 34.9 Å². The molecule has 2 rings (SSSR count). The molecule has 4 nitrogen and oxygen atoms in total. The Kier molecular flexibility index (Phi) is 3.42. The summed E-state index contributed by atoms with van der Waals surface area (Å²) in [4.78, 5) is 15.4. The van der Waals surface area contributed by atoms with E-state index in [1.165, 1.54) is 6.07 Å². The van der Waals surface area contributed by atoms with Crippen LogP contribution in [0.3, 0.4) is 0 Å². The molecule has 1 aromatic carbocycles. The van der Waals surface area contributed by atoms with Crippen LogP contribution in [0, 0.1) is 0 Å². The Morgan fingerprint density at radius 1 is 1.35 bits per heavy atom. The Hall–Kier alpha value is -1.75. The van der Waals surface area contributed by atoms with Crippen LogP contribution in [-0.2, 0) is 16.3 Å². The molecule has 1 aromatic rings. The van der Waals surface area contributed by atoms with Crippen LogP contribution in [-0.4, -0.2) is 25.8 Å². The molecule has 0 unspecified atom stereocenters. The first-order chi connectivity index (χ1) is 9.24. The van der Waals surface area contributed by atoms with Gasteiger partial charge in [-0.1, -0.05) is 19.1 Å². The number of rotatable bonds is 2. The van der Waals surface area contributed by atoms with E-state index in [0.29, 0.717) is 17.5 Å². The predicted molar refractivity (Wildman–Crippen MR) is 80.0 cm³/mol. The van der Waals surface area contributed by atoms with Crippen molar-refractivity contribution in [1.82, 2.24) is 0 Å². The summed E-state index contributed by atoms with van der Waals surface area (Å²) in [5.41, 5.74) is 1.72. The second kappa shape index (κ2) is 4.66. The van der Waals surface area contributed by atoms with Crippen molar-refractivity contribution in [3.63, 3.8) is 0 Å². The molecule has 0 aromatic heterocycles. The third-order valence-corrected chi connectivity index (χ3v) is 6.09. The largest absolute Gasteiger partial charge is 0.276 e. The molecule has 0 N–H and O–H groups in total. The minimum Gasteiger partial charge on any atom is -0.267 e. The summed E-state index contributed by atoms with van der Waals surface area (Å²) in [6.45, 7) is 8.42. The number of aryl methyl sites for hydroxylation is 1. The number of hydrogen-bond donors (Lipinski definition) is 0. The molecule has 106 valence electrons. The van der Waals surface area contributed by atoms with Crippen LogP contribution in [0.2, 0.25) is 0 Å². The van der Waals surface area contributed by atoms with Crippen LogP contribution < -0.4 is 0 Å². The zero-order chi connectivity index (χ0) is 15.1. The molecule has 0 fully saturated rings. The highest BCUT2D eigenvalue weighted by Crippen LogP contribution is 2.36. The lowest BCUT2D eigenvalue weighted by atomic mass is 9.99. The van der Waals surface area contributed by atoms with Crippen LogP contribution >= 0.6 is 0 Å². The number of aliphatic imine (C=N–C) groups is 1. The molecule has 5 heteroatoms. The van der Waals surface area contributed by atoms with Gasteiger partial charge in [0.2, 0.25) is 0 Å². The maximum absolute atomic E-state index is 12.6. The number of carbonyl (C=O) groups is 1. The van der Waals surface area contributed by atoms with Gasteiger partial charge in [-0.05, 0) is 50.2 Å². The fourth-order valence-electron chi connectivity index (χ4n) is 2.25. The number of fused-ring (bicyclic) bond motifs is 1. The Balaban J connectivity index is 2.80. The summed E-state index contributed by atoms with van der Waals surface area (Å²) in [5, 5.41) is 0. The standard InChI is InChI=1S/C15H17NO3S/c1-5-10-8-11-6-7-15(2,3)20(18,19)13(11)9-12(10)14(17)16-4/h6-9H,4-5H2,1-3H3. The maximum Gasteiger partial charge on any atom is 0.276 e. The van der Waals surface area contributed by atoms with Crippen LogP contribution in [0.5, 0.6) is 0 Å². The highest BCUT2D eigenvalue weighted by Gasteiger charge is 2.38. The molecule has 0 radical (unpaired) electrons. The molecule has 1 aliphatic rings. The molecule has 20 heavy (non-hydrogen) atoms. The second-order valence-electron chi connectivity index (χ2n) is 5.30. The molecule has 0 spiro atoms. The van der Waals surface area contributed by atoms with E-state index in [1.807, 2.05) is 6.92 Å². The molecular weight excluding hydrogens is 274 g/mol. The zero-order valence-electron chi connectivity index (χ0n) is 11.8. The van der Waals surface area contributed by atoms with E-state index in [9.17, 15) is 13.2 Å². The van der Waals surface area contributed by atoms with Gasteiger partial charge in [0.1, 0.15) is 0 Å². The van der Waals surface area contributed by atoms with E-state index in [4.69, 9.17) is 0 Å². The lowest BCUT2D eigenvalue weighted by Crippen LogP contribution is -2.32. The summed E-state index contributed by atoms with van der Waals surface area (Å²) in [5.74, 6) is -0.493. The van der Waals surface area contributed by atoms with Crippen LogP contribution in [0.25, 0.3) is 6.08 Å². The third-order valence-electron chi connectivity index (χ3n) is 3.64. The number of benzene rings is 1. The van der Waals surface area contributed by atoms with Gasteiger partial charge < -0.3 is 0 Å². The van der Waals surface area contributed by atoms with E-state index >= 15 is 0 Å². The van der Waals surface area contributed by atoms with Crippen molar-refractivity contribution in [3.8, 4) is 0 Å². The molecule has 1 amide bonds. The van der Waals surface area contributed by atoms with Crippen LogP contribution in [0.4, 0.5) is 0 Å². The van der Waals surface area contributed by atoms with Crippen molar-refractivity contribution < 1.29 is 13.2 Å². The van der Waals surface area contributed by atoms with Gasteiger partial charge in [-0.15, -0.1) is 0 Å². The highest BCUT2D eigenvalue weighted by molar-refractivity contribution is 7.93. The SMILES string of the molecule is C=NC(=O)c1cc2c(cc1CC)C=CC(C)(C)S2(=O)=O. The first-order valence-corrected chi connectivity index (χ1v) is 7.84. The fraction of sp³-hybridized carbons (Fsp3) is 0.333. The van der Waals surface area contributed by atoms with Crippen molar-refractivity contribution in [2.75, 3.05) is 0 Å². The maximum atomic E-state index is 12.6. The Morgan fingerprint density at radius 2 is 2.00 bits per heavy atom. The molecule has 1 heterocycles. The Labute approximate surface area is 119 Å². The average Bonchev–Trinajstić information content (AvgIpc) is 2.41. The predicted octanol–water partition coefficient (Wildman–Crippen LogP) is 2.67. The van der Waals surface area contributed by atoms with Crippen LogP contribution in [0.15, 0.2) is 28.1 Å². The fourth-order valence-corrected chi connectivity index (χ4v) is 3.77. The smallest absolute Gasteiger partial charge is 0.267 e. The van der Waals surface area contributed by atoms with Gasteiger partial charge in [0, 0.05) is 5.56 Å². The zero-order valence-corrected chi connectivity index (χ0v) is 12.6. The number of nitrogens with zero attached hydrogens (tertiary/aromatic N) is 1. The van der Waals surface area contributed by atoms with Crippen molar-refractivity contribution in [2.24, 2.45) is 4.99 Å².